The second-order valence-corrected chi connectivity index (χ2v) is 8.30. The number of carbonyl (C=O) groups is 3. The maximum absolute atomic E-state index is 12.5. The maximum atomic E-state index is 12.5. The van der Waals surface area contributed by atoms with Gasteiger partial charge in [-0.2, -0.15) is 0 Å². The summed E-state index contributed by atoms with van der Waals surface area (Å²) < 4.78 is 5.10. The zero-order valence-electron chi connectivity index (χ0n) is 16.2. The molecule has 9 heteroatoms. The van der Waals surface area contributed by atoms with Crippen molar-refractivity contribution in [2.75, 3.05) is 25.0 Å². The lowest BCUT2D eigenvalue weighted by Crippen LogP contribution is -2.33. The molecule has 0 aromatic carbocycles. The molecule has 7 nitrogen and oxygen atoms in total. The number of aliphatic imine (C=N–C) groups is 1. The van der Waals surface area contributed by atoms with Crippen LogP contribution in [0.4, 0.5) is 5.00 Å². The number of amidine groups is 1. The SMILES string of the molecule is CCN=C1SC(CC(=O)Nc2sc(C)c(C)c2C(=O)OCC)C(=O)N1CC. The van der Waals surface area contributed by atoms with E-state index in [0.717, 1.165) is 10.4 Å². The average molecular weight is 412 g/mol. The molecular weight excluding hydrogens is 386 g/mol. The summed E-state index contributed by atoms with van der Waals surface area (Å²) in [4.78, 5) is 44.2. The number of thioether (sulfide) groups is 1. The molecule has 1 aliphatic rings. The van der Waals surface area contributed by atoms with E-state index in [0.29, 0.717) is 28.8 Å². The van der Waals surface area contributed by atoms with Crippen LogP contribution >= 0.6 is 23.1 Å². The molecule has 1 atom stereocenters. The molecule has 0 saturated carbocycles. The van der Waals surface area contributed by atoms with Gasteiger partial charge in [0, 0.05) is 24.4 Å². The van der Waals surface area contributed by atoms with Gasteiger partial charge in [-0.05, 0) is 40.2 Å². The van der Waals surface area contributed by atoms with E-state index in [1.54, 1.807) is 11.8 Å². The molecule has 148 valence electrons. The zero-order valence-corrected chi connectivity index (χ0v) is 17.9. The second kappa shape index (κ2) is 9.36. The number of carbonyl (C=O) groups excluding carboxylic acids is 3. The van der Waals surface area contributed by atoms with E-state index in [2.05, 4.69) is 10.3 Å². The number of esters is 1. The molecule has 2 heterocycles. The molecule has 1 unspecified atom stereocenters. The third-order valence-corrected chi connectivity index (χ3v) is 6.45. The Balaban J connectivity index is 2.13. The fourth-order valence-corrected chi connectivity index (χ4v) is 5.03. The molecule has 1 aliphatic heterocycles. The maximum Gasteiger partial charge on any atom is 0.341 e. The van der Waals surface area contributed by atoms with Gasteiger partial charge in [0.1, 0.15) is 10.3 Å². The highest BCUT2D eigenvalue weighted by atomic mass is 32.2. The van der Waals surface area contributed by atoms with Gasteiger partial charge in [-0.25, -0.2) is 4.79 Å². The average Bonchev–Trinajstić information content (AvgIpc) is 3.04. The molecule has 1 N–H and O–H groups in total. The Morgan fingerprint density at radius 1 is 1.26 bits per heavy atom. The first kappa shape index (κ1) is 21.4. The molecule has 0 spiro atoms. The quantitative estimate of drug-likeness (QED) is 0.696. The van der Waals surface area contributed by atoms with Gasteiger partial charge in [0.05, 0.1) is 12.2 Å². The summed E-state index contributed by atoms with van der Waals surface area (Å²) in [5.41, 5.74) is 1.19. The van der Waals surface area contributed by atoms with Crippen molar-refractivity contribution >= 4 is 51.1 Å². The van der Waals surface area contributed by atoms with E-state index in [9.17, 15) is 14.4 Å². The van der Waals surface area contributed by atoms with Crippen LogP contribution in [0.15, 0.2) is 4.99 Å². The summed E-state index contributed by atoms with van der Waals surface area (Å²) >= 11 is 2.66. The van der Waals surface area contributed by atoms with E-state index >= 15 is 0 Å². The van der Waals surface area contributed by atoms with Gasteiger partial charge >= 0.3 is 5.97 Å². The molecule has 0 aliphatic carbocycles. The van der Waals surface area contributed by atoms with Crippen molar-refractivity contribution in [2.24, 2.45) is 4.99 Å². The highest BCUT2D eigenvalue weighted by Crippen LogP contribution is 2.34. The normalized spacial score (nSPS) is 18.3. The fraction of sp³-hybridized carbons (Fsp3) is 0.556. The Kier molecular flexibility index (Phi) is 7.43. The molecule has 27 heavy (non-hydrogen) atoms. The standard InChI is InChI=1S/C18H25N3O4S2/c1-6-19-18-21(7-2)16(23)12(27-18)9-13(22)20-15-14(17(24)25-8-3)10(4)11(5)26-15/h12H,6-9H2,1-5H3,(H,20,22). The Labute approximate surface area is 167 Å². The van der Waals surface area contributed by atoms with Crippen LogP contribution in [0.25, 0.3) is 0 Å². The molecule has 1 aromatic heterocycles. The lowest BCUT2D eigenvalue weighted by atomic mass is 10.1. The first-order valence-electron chi connectivity index (χ1n) is 8.93. The summed E-state index contributed by atoms with van der Waals surface area (Å²) in [6.45, 7) is 10.6. The molecule has 0 bridgehead atoms. The number of thiophene rings is 1. The number of aryl methyl sites for hydroxylation is 1. The number of ether oxygens (including phenoxy) is 1. The van der Waals surface area contributed by atoms with Crippen LogP contribution in [0.2, 0.25) is 0 Å². The van der Waals surface area contributed by atoms with Crippen LogP contribution in [0.3, 0.4) is 0 Å². The van der Waals surface area contributed by atoms with Crippen LogP contribution < -0.4 is 5.32 Å². The second-order valence-electron chi connectivity index (χ2n) is 5.91. The molecule has 0 radical (unpaired) electrons. The van der Waals surface area contributed by atoms with Crippen LogP contribution in [0, 0.1) is 13.8 Å². The van der Waals surface area contributed by atoms with Crippen LogP contribution in [0.5, 0.6) is 0 Å². The third kappa shape index (κ3) is 4.70. The van der Waals surface area contributed by atoms with Gasteiger partial charge in [0.15, 0.2) is 5.17 Å². The van der Waals surface area contributed by atoms with E-state index < -0.39 is 11.2 Å². The molecule has 1 saturated heterocycles. The Bertz CT molecular complexity index is 773. The molecule has 1 fully saturated rings. The molecule has 1 aromatic rings. The Morgan fingerprint density at radius 3 is 2.56 bits per heavy atom. The van der Waals surface area contributed by atoms with Crippen LogP contribution in [0.1, 0.15) is 48.0 Å². The van der Waals surface area contributed by atoms with Crippen molar-refractivity contribution in [2.45, 2.75) is 46.3 Å². The van der Waals surface area contributed by atoms with Crippen molar-refractivity contribution in [3.8, 4) is 0 Å². The Hall–Kier alpha value is -1.87. The van der Waals surface area contributed by atoms with Crippen molar-refractivity contribution < 1.29 is 19.1 Å². The van der Waals surface area contributed by atoms with Gasteiger partial charge in [0.2, 0.25) is 11.8 Å². The summed E-state index contributed by atoms with van der Waals surface area (Å²) in [6, 6.07) is 0. The summed E-state index contributed by atoms with van der Waals surface area (Å²) in [5, 5.41) is 3.43. The number of hydrogen-bond donors (Lipinski definition) is 1. The van der Waals surface area contributed by atoms with E-state index in [1.807, 2.05) is 27.7 Å². The van der Waals surface area contributed by atoms with Crippen LogP contribution in [-0.4, -0.2) is 52.8 Å². The van der Waals surface area contributed by atoms with Gasteiger partial charge < -0.3 is 10.1 Å². The lowest BCUT2D eigenvalue weighted by molar-refractivity contribution is -0.128. The minimum Gasteiger partial charge on any atom is -0.462 e. The third-order valence-electron chi connectivity index (χ3n) is 4.12. The predicted molar refractivity (Wildman–Crippen MR) is 110 cm³/mol. The van der Waals surface area contributed by atoms with Crippen molar-refractivity contribution in [1.82, 2.24) is 4.90 Å². The lowest BCUT2D eigenvalue weighted by Gasteiger charge is -2.13. The number of nitrogens with zero attached hydrogens (tertiary/aromatic N) is 2. The number of rotatable bonds is 7. The number of amides is 2. The summed E-state index contributed by atoms with van der Waals surface area (Å²) in [6.07, 6.45) is 0.0288. The topological polar surface area (TPSA) is 88.1 Å². The Morgan fingerprint density at radius 2 is 1.96 bits per heavy atom. The predicted octanol–water partition coefficient (Wildman–Crippen LogP) is 3.21. The van der Waals surface area contributed by atoms with Crippen molar-refractivity contribution in [1.29, 1.82) is 0 Å². The highest BCUT2D eigenvalue weighted by Gasteiger charge is 2.38. The van der Waals surface area contributed by atoms with Crippen molar-refractivity contribution in [3.05, 3.63) is 16.0 Å². The van der Waals surface area contributed by atoms with Gasteiger partial charge in [-0.3, -0.25) is 19.5 Å². The molecular formula is C18H25N3O4S2. The number of hydrogen-bond acceptors (Lipinski definition) is 7. The monoisotopic (exact) mass is 411 g/mol. The van der Waals surface area contributed by atoms with Crippen LogP contribution in [-0.2, 0) is 14.3 Å². The van der Waals surface area contributed by atoms with Crippen molar-refractivity contribution in [3.63, 3.8) is 0 Å². The van der Waals surface area contributed by atoms with E-state index in [1.165, 1.54) is 23.1 Å². The fourth-order valence-electron chi connectivity index (χ4n) is 2.70. The van der Waals surface area contributed by atoms with Gasteiger partial charge in [0.25, 0.3) is 0 Å². The number of anilines is 1. The van der Waals surface area contributed by atoms with E-state index in [4.69, 9.17) is 4.74 Å². The molecule has 2 amide bonds. The first-order valence-corrected chi connectivity index (χ1v) is 10.6. The smallest absolute Gasteiger partial charge is 0.341 e. The molecule has 2 rings (SSSR count). The minimum atomic E-state index is -0.497. The van der Waals surface area contributed by atoms with Gasteiger partial charge in [-0.1, -0.05) is 11.8 Å². The summed E-state index contributed by atoms with van der Waals surface area (Å²) in [5.74, 6) is -0.856. The minimum absolute atomic E-state index is 0.0288. The van der Waals surface area contributed by atoms with E-state index in [-0.39, 0.29) is 24.8 Å². The summed E-state index contributed by atoms with van der Waals surface area (Å²) in [7, 11) is 0. The zero-order chi connectivity index (χ0) is 20.1. The highest BCUT2D eigenvalue weighted by molar-refractivity contribution is 8.15. The first-order chi connectivity index (χ1) is 12.8. The number of nitrogens with one attached hydrogen (secondary N) is 1. The largest absolute Gasteiger partial charge is 0.462 e. The van der Waals surface area contributed by atoms with Gasteiger partial charge in [-0.15, -0.1) is 11.3 Å².